The lowest BCUT2D eigenvalue weighted by atomic mass is 10.2. The van der Waals surface area contributed by atoms with Gasteiger partial charge in [0.25, 0.3) is 5.91 Å². The van der Waals surface area contributed by atoms with Crippen LogP contribution in [0.15, 0.2) is 21.1 Å². The summed E-state index contributed by atoms with van der Waals surface area (Å²) < 4.78 is 4.91. The number of nitrogens with two attached hydrogens (primary N) is 1. The second-order valence-corrected chi connectivity index (χ2v) is 4.69. The minimum absolute atomic E-state index is 0.0562. The first kappa shape index (κ1) is 14.0. The Morgan fingerprint density at radius 1 is 1.65 bits per heavy atom. The number of oxime groups is 1. The van der Waals surface area contributed by atoms with Crippen LogP contribution in [0.25, 0.3) is 0 Å². The smallest absolute Gasteiger partial charge is 0.275 e. The van der Waals surface area contributed by atoms with Gasteiger partial charge in [0.05, 0.1) is 6.54 Å². The molecular formula is C11H13N5O3S. The van der Waals surface area contributed by atoms with Gasteiger partial charge in [0.2, 0.25) is 0 Å². The molecule has 0 aliphatic rings. The van der Waals surface area contributed by atoms with Gasteiger partial charge >= 0.3 is 0 Å². The Kier molecular flexibility index (Phi) is 4.31. The number of nitrogens with zero attached hydrogens (tertiary/aromatic N) is 3. The Bertz CT molecular complexity index is 634. The minimum atomic E-state index is -0.433. The van der Waals surface area contributed by atoms with Crippen molar-refractivity contribution >= 4 is 28.1 Å². The number of carbonyl (C=O) groups excluding carboxylic acids is 1. The van der Waals surface area contributed by atoms with Crippen molar-refractivity contribution in [2.75, 3.05) is 12.8 Å². The molecule has 0 atom stereocenters. The Balaban J connectivity index is 2.06. The molecule has 2 aromatic rings. The van der Waals surface area contributed by atoms with Crippen LogP contribution < -0.4 is 11.1 Å². The van der Waals surface area contributed by atoms with E-state index in [0.717, 1.165) is 0 Å². The Labute approximate surface area is 118 Å². The number of aromatic nitrogens is 2. The molecule has 106 valence electrons. The maximum atomic E-state index is 12.1. The third-order valence-corrected chi connectivity index (χ3v) is 2.94. The van der Waals surface area contributed by atoms with Crippen molar-refractivity contribution in [3.05, 3.63) is 28.6 Å². The van der Waals surface area contributed by atoms with E-state index in [1.807, 2.05) is 0 Å². The van der Waals surface area contributed by atoms with Gasteiger partial charge in [-0.05, 0) is 6.92 Å². The van der Waals surface area contributed by atoms with Gasteiger partial charge in [-0.1, -0.05) is 10.3 Å². The number of anilines is 1. The van der Waals surface area contributed by atoms with E-state index in [1.165, 1.54) is 18.4 Å². The number of thiazole rings is 1. The molecule has 2 rings (SSSR count). The first-order valence-corrected chi connectivity index (χ1v) is 6.51. The third kappa shape index (κ3) is 3.32. The van der Waals surface area contributed by atoms with Crippen LogP contribution in [-0.4, -0.2) is 28.9 Å². The van der Waals surface area contributed by atoms with Gasteiger partial charge in [0.15, 0.2) is 10.8 Å². The highest BCUT2D eigenvalue weighted by Gasteiger charge is 2.18. The van der Waals surface area contributed by atoms with Crippen molar-refractivity contribution in [2.24, 2.45) is 5.16 Å². The van der Waals surface area contributed by atoms with Crippen molar-refractivity contribution in [3.8, 4) is 0 Å². The van der Waals surface area contributed by atoms with Crippen LogP contribution in [-0.2, 0) is 16.2 Å². The summed E-state index contributed by atoms with van der Waals surface area (Å²) in [4.78, 5) is 20.7. The monoisotopic (exact) mass is 295 g/mol. The molecular weight excluding hydrogens is 282 g/mol. The summed E-state index contributed by atoms with van der Waals surface area (Å²) in [6.45, 7) is 1.99. The molecule has 2 aromatic heterocycles. The van der Waals surface area contributed by atoms with Gasteiger partial charge < -0.3 is 20.4 Å². The molecule has 20 heavy (non-hydrogen) atoms. The van der Waals surface area contributed by atoms with E-state index in [2.05, 4.69) is 25.5 Å². The van der Waals surface area contributed by atoms with Crippen LogP contribution in [0.3, 0.4) is 0 Å². The predicted molar refractivity (Wildman–Crippen MR) is 73.2 cm³/mol. The fourth-order valence-electron chi connectivity index (χ4n) is 1.45. The van der Waals surface area contributed by atoms with Crippen LogP contribution in [0, 0.1) is 6.92 Å². The zero-order valence-corrected chi connectivity index (χ0v) is 11.7. The second-order valence-electron chi connectivity index (χ2n) is 3.81. The van der Waals surface area contributed by atoms with Crippen LogP contribution in [0.1, 0.15) is 17.1 Å². The number of amides is 1. The van der Waals surface area contributed by atoms with Gasteiger partial charge in [0.1, 0.15) is 24.3 Å². The molecule has 0 bridgehead atoms. The molecule has 0 saturated heterocycles. The Morgan fingerprint density at radius 3 is 3.00 bits per heavy atom. The fraction of sp³-hybridized carbons (Fsp3) is 0.273. The Morgan fingerprint density at radius 2 is 2.45 bits per heavy atom. The van der Waals surface area contributed by atoms with Crippen molar-refractivity contribution < 1.29 is 14.2 Å². The highest BCUT2D eigenvalue weighted by Crippen LogP contribution is 2.12. The van der Waals surface area contributed by atoms with E-state index in [0.29, 0.717) is 22.3 Å². The lowest BCUT2D eigenvalue weighted by molar-refractivity contribution is -0.115. The number of hydrogen-bond acceptors (Lipinski definition) is 8. The standard InChI is InChI=1S/C11H13N5O3S/c1-6-3-7(15-19-6)4-13-10(17)9(16-18-2)8-5-20-11(12)14-8/h3,5H,4H2,1-2H3,(H2,12,14)(H,13,17)/b16-9+. The average molecular weight is 295 g/mol. The lowest BCUT2D eigenvalue weighted by Gasteiger charge is -2.03. The van der Waals surface area contributed by atoms with Crippen molar-refractivity contribution in [3.63, 3.8) is 0 Å². The van der Waals surface area contributed by atoms with Crippen LogP contribution in [0.2, 0.25) is 0 Å². The van der Waals surface area contributed by atoms with Crippen LogP contribution >= 0.6 is 11.3 Å². The fourth-order valence-corrected chi connectivity index (χ4v) is 2.00. The molecule has 0 fully saturated rings. The van der Waals surface area contributed by atoms with E-state index in [9.17, 15) is 4.79 Å². The molecule has 2 heterocycles. The predicted octanol–water partition coefficient (Wildman–Crippen LogP) is 0.689. The second kappa shape index (κ2) is 6.15. The summed E-state index contributed by atoms with van der Waals surface area (Å²) >= 11 is 1.22. The zero-order chi connectivity index (χ0) is 14.5. The van der Waals surface area contributed by atoms with E-state index in [-0.39, 0.29) is 12.3 Å². The van der Waals surface area contributed by atoms with Gasteiger partial charge in [0, 0.05) is 11.4 Å². The van der Waals surface area contributed by atoms with E-state index in [1.54, 1.807) is 18.4 Å². The van der Waals surface area contributed by atoms with Crippen LogP contribution in [0.4, 0.5) is 5.13 Å². The summed E-state index contributed by atoms with van der Waals surface area (Å²) in [7, 11) is 1.35. The van der Waals surface area contributed by atoms with Gasteiger partial charge in [-0.2, -0.15) is 0 Å². The summed E-state index contributed by atoms with van der Waals surface area (Å²) in [6.07, 6.45) is 0. The first-order valence-electron chi connectivity index (χ1n) is 5.63. The number of nitrogens with one attached hydrogen (secondary N) is 1. The molecule has 0 saturated carbocycles. The number of nitrogen functional groups attached to an aromatic ring is 1. The molecule has 0 aromatic carbocycles. The molecule has 0 spiro atoms. The maximum Gasteiger partial charge on any atom is 0.275 e. The third-order valence-electron chi connectivity index (χ3n) is 2.27. The molecule has 1 amide bonds. The molecule has 0 unspecified atom stereocenters. The lowest BCUT2D eigenvalue weighted by Crippen LogP contribution is -2.31. The summed E-state index contributed by atoms with van der Waals surface area (Å²) in [6, 6.07) is 1.73. The average Bonchev–Trinajstić information content (AvgIpc) is 3.02. The number of rotatable bonds is 5. The minimum Gasteiger partial charge on any atom is -0.398 e. The van der Waals surface area contributed by atoms with Crippen molar-refractivity contribution in [1.29, 1.82) is 0 Å². The number of carbonyl (C=O) groups is 1. The highest BCUT2D eigenvalue weighted by atomic mass is 32.1. The van der Waals surface area contributed by atoms with Crippen molar-refractivity contribution in [2.45, 2.75) is 13.5 Å². The van der Waals surface area contributed by atoms with Gasteiger partial charge in [-0.3, -0.25) is 4.79 Å². The number of hydrogen-bond donors (Lipinski definition) is 2. The molecule has 3 N–H and O–H groups in total. The SMILES string of the molecule is CO/N=C(/C(=O)NCc1cc(C)on1)c1csc(N)n1. The molecule has 9 heteroatoms. The van der Waals surface area contributed by atoms with E-state index < -0.39 is 5.91 Å². The Hall–Kier alpha value is -2.42. The topological polar surface area (TPSA) is 116 Å². The molecule has 0 aliphatic carbocycles. The van der Waals surface area contributed by atoms with E-state index >= 15 is 0 Å². The summed E-state index contributed by atoms with van der Waals surface area (Å²) in [5.74, 6) is 0.241. The largest absolute Gasteiger partial charge is 0.398 e. The molecule has 0 radical (unpaired) electrons. The van der Waals surface area contributed by atoms with Crippen LogP contribution in [0.5, 0.6) is 0 Å². The van der Waals surface area contributed by atoms with E-state index in [4.69, 9.17) is 10.3 Å². The highest BCUT2D eigenvalue weighted by molar-refractivity contribution is 7.13. The summed E-state index contributed by atoms with van der Waals surface area (Å²) in [5.41, 5.74) is 6.57. The van der Waals surface area contributed by atoms with Gasteiger partial charge in [-0.15, -0.1) is 11.3 Å². The first-order chi connectivity index (χ1) is 9.60. The number of aryl methyl sites for hydroxylation is 1. The van der Waals surface area contributed by atoms with Gasteiger partial charge in [-0.25, -0.2) is 4.98 Å². The zero-order valence-electron chi connectivity index (χ0n) is 10.9. The molecule has 8 nitrogen and oxygen atoms in total. The molecule has 0 aliphatic heterocycles. The van der Waals surface area contributed by atoms with Crippen molar-refractivity contribution in [1.82, 2.24) is 15.5 Å². The quantitative estimate of drug-likeness (QED) is 0.619. The summed E-state index contributed by atoms with van der Waals surface area (Å²) in [5, 5.41) is 12.1. The maximum absolute atomic E-state index is 12.1. The normalized spacial score (nSPS) is 11.4.